The Morgan fingerprint density at radius 1 is 0.769 bits per heavy atom. The van der Waals surface area contributed by atoms with Gasteiger partial charge in [0.05, 0.1) is 0 Å². The van der Waals surface area contributed by atoms with Gasteiger partial charge >= 0.3 is 0 Å². The van der Waals surface area contributed by atoms with Gasteiger partial charge in [-0.3, -0.25) is 0 Å². The van der Waals surface area contributed by atoms with Gasteiger partial charge in [-0.05, 0) is 54.6 Å². The summed E-state index contributed by atoms with van der Waals surface area (Å²) in [6.07, 6.45) is 2.23. The summed E-state index contributed by atoms with van der Waals surface area (Å²) in [5.41, 5.74) is 4.78. The molecule has 0 spiro atoms. The van der Waals surface area contributed by atoms with E-state index in [0.717, 1.165) is 12.3 Å². The molecule has 2 heteroatoms. The number of ether oxygens (including phenoxy) is 1. The molecule has 0 saturated carbocycles. The number of nitrogens with zero attached hydrogens (tertiary/aromatic N) is 1. The van der Waals surface area contributed by atoms with Crippen molar-refractivity contribution in [3.05, 3.63) is 102 Å². The Hall–Kier alpha value is -2.84. The Morgan fingerprint density at radius 3 is 1.96 bits per heavy atom. The van der Waals surface area contributed by atoms with Gasteiger partial charge in [0.2, 0.25) is 0 Å². The van der Waals surface area contributed by atoms with Crippen LogP contribution in [-0.2, 0) is 0 Å². The van der Waals surface area contributed by atoms with E-state index in [4.69, 9.17) is 4.74 Å². The molecule has 0 heterocycles. The summed E-state index contributed by atoms with van der Waals surface area (Å²) < 4.78 is 5.81. The van der Waals surface area contributed by atoms with Crippen LogP contribution < -0.4 is 4.74 Å². The number of hydrogen-bond donors (Lipinski definition) is 0. The highest BCUT2D eigenvalue weighted by atomic mass is 16.5. The second-order valence-electron chi connectivity index (χ2n) is 6.51. The minimum absolute atomic E-state index is 0.692. The first kappa shape index (κ1) is 18.0. The molecule has 3 aromatic carbocycles. The fourth-order valence-electron chi connectivity index (χ4n) is 2.74. The van der Waals surface area contributed by atoms with Crippen LogP contribution in [0.5, 0.6) is 5.75 Å². The summed E-state index contributed by atoms with van der Waals surface area (Å²) >= 11 is 0. The molecule has 2 nitrogen and oxygen atoms in total. The molecule has 0 aliphatic rings. The zero-order valence-corrected chi connectivity index (χ0v) is 15.4. The smallest absolute Gasteiger partial charge is 0.119 e. The van der Waals surface area contributed by atoms with Crippen LogP contribution in [0.25, 0.3) is 11.6 Å². The number of hydrogen-bond acceptors (Lipinski definition) is 2. The molecular weight excluding hydrogens is 318 g/mol. The lowest BCUT2D eigenvalue weighted by Crippen LogP contribution is -2.19. The molecular formula is C24H25NO. The fraction of sp³-hybridized carbons (Fsp3) is 0.167. The Bertz CT molecular complexity index is 821. The minimum atomic E-state index is 0.692. The lowest BCUT2D eigenvalue weighted by atomic mass is 9.95. The normalized spacial score (nSPS) is 11.6. The van der Waals surface area contributed by atoms with Crippen molar-refractivity contribution in [1.29, 1.82) is 0 Å². The van der Waals surface area contributed by atoms with Gasteiger partial charge in [0.25, 0.3) is 0 Å². The molecule has 0 unspecified atom stereocenters. The van der Waals surface area contributed by atoms with E-state index in [1.165, 1.54) is 22.3 Å². The third-order valence-electron chi connectivity index (χ3n) is 4.17. The highest BCUT2D eigenvalue weighted by molar-refractivity contribution is 5.91. The van der Waals surface area contributed by atoms with Crippen molar-refractivity contribution in [2.45, 2.75) is 0 Å². The van der Waals surface area contributed by atoms with Crippen LogP contribution in [0.2, 0.25) is 0 Å². The van der Waals surface area contributed by atoms with Crippen LogP contribution in [0, 0.1) is 0 Å². The summed E-state index contributed by atoms with van der Waals surface area (Å²) in [7, 11) is 4.10. The van der Waals surface area contributed by atoms with Crippen LogP contribution in [-0.4, -0.2) is 32.1 Å². The van der Waals surface area contributed by atoms with E-state index in [2.05, 4.69) is 71.6 Å². The molecule has 3 rings (SSSR count). The first-order chi connectivity index (χ1) is 12.7. The molecule has 0 atom stereocenters. The molecule has 0 aromatic heterocycles. The Balaban J connectivity index is 1.87. The third kappa shape index (κ3) is 5.08. The first-order valence-electron chi connectivity index (χ1n) is 8.92. The van der Waals surface area contributed by atoms with Crippen molar-refractivity contribution in [3.8, 4) is 5.75 Å². The molecule has 0 fully saturated rings. The van der Waals surface area contributed by atoms with Gasteiger partial charge in [-0.25, -0.2) is 0 Å². The highest BCUT2D eigenvalue weighted by Gasteiger charge is 2.06. The topological polar surface area (TPSA) is 12.5 Å². The third-order valence-corrected chi connectivity index (χ3v) is 4.17. The SMILES string of the molecule is CN(C)CCOc1ccc(/C(=C/c2ccccc2)c2ccccc2)cc1. The summed E-state index contributed by atoms with van der Waals surface area (Å²) in [5, 5.41) is 0. The fourth-order valence-corrected chi connectivity index (χ4v) is 2.74. The molecule has 0 aliphatic heterocycles. The van der Waals surface area contributed by atoms with Crippen LogP contribution in [0.1, 0.15) is 16.7 Å². The molecule has 132 valence electrons. The molecule has 0 bridgehead atoms. The number of likely N-dealkylation sites (N-methyl/N-ethyl adjacent to an activating group) is 1. The van der Waals surface area contributed by atoms with Gasteiger partial charge in [-0.1, -0.05) is 72.8 Å². The molecule has 0 saturated heterocycles. The van der Waals surface area contributed by atoms with E-state index in [1.807, 2.05) is 38.4 Å². The van der Waals surface area contributed by atoms with Gasteiger partial charge in [-0.15, -0.1) is 0 Å². The second-order valence-corrected chi connectivity index (χ2v) is 6.51. The monoisotopic (exact) mass is 343 g/mol. The van der Waals surface area contributed by atoms with Crippen molar-refractivity contribution in [1.82, 2.24) is 4.90 Å². The predicted molar refractivity (Wildman–Crippen MR) is 110 cm³/mol. The standard InChI is InChI=1S/C24H25NO/c1-25(2)17-18-26-23-15-13-22(14-16-23)24(21-11-7-4-8-12-21)19-20-9-5-3-6-10-20/h3-16,19H,17-18H2,1-2H3/b24-19+. The van der Waals surface area contributed by atoms with E-state index in [0.29, 0.717) is 6.61 Å². The molecule has 26 heavy (non-hydrogen) atoms. The van der Waals surface area contributed by atoms with Gasteiger partial charge < -0.3 is 9.64 Å². The molecule has 0 radical (unpaired) electrons. The van der Waals surface area contributed by atoms with Gasteiger partial charge in [0.15, 0.2) is 0 Å². The van der Waals surface area contributed by atoms with Crippen LogP contribution in [0.3, 0.4) is 0 Å². The van der Waals surface area contributed by atoms with Crippen molar-refractivity contribution in [3.63, 3.8) is 0 Å². The van der Waals surface area contributed by atoms with Crippen molar-refractivity contribution in [2.24, 2.45) is 0 Å². The van der Waals surface area contributed by atoms with Gasteiger partial charge in [0.1, 0.15) is 12.4 Å². The average Bonchev–Trinajstić information content (AvgIpc) is 2.68. The zero-order chi connectivity index (χ0) is 18.2. The molecule has 0 aliphatic carbocycles. The first-order valence-corrected chi connectivity index (χ1v) is 8.92. The zero-order valence-electron chi connectivity index (χ0n) is 15.4. The van der Waals surface area contributed by atoms with Crippen molar-refractivity contribution in [2.75, 3.05) is 27.2 Å². The quantitative estimate of drug-likeness (QED) is 0.546. The van der Waals surface area contributed by atoms with Crippen LogP contribution in [0.15, 0.2) is 84.9 Å². The van der Waals surface area contributed by atoms with E-state index in [9.17, 15) is 0 Å². The average molecular weight is 343 g/mol. The lowest BCUT2D eigenvalue weighted by molar-refractivity contribution is 0.261. The van der Waals surface area contributed by atoms with Gasteiger partial charge in [-0.2, -0.15) is 0 Å². The maximum absolute atomic E-state index is 5.81. The number of rotatable bonds is 7. The Labute approximate surface area is 156 Å². The Morgan fingerprint density at radius 2 is 1.35 bits per heavy atom. The van der Waals surface area contributed by atoms with Gasteiger partial charge in [0, 0.05) is 6.54 Å². The van der Waals surface area contributed by atoms with Crippen molar-refractivity contribution < 1.29 is 4.74 Å². The van der Waals surface area contributed by atoms with E-state index >= 15 is 0 Å². The molecule has 3 aromatic rings. The van der Waals surface area contributed by atoms with E-state index in [1.54, 1.807) is 0 Å². The lowest BCUT2D eigenvalue weighted by Gasteiger charge is -2.13. The highest BCUT2D eigenvalue weighted by Crippen LogP contribution is 2.27. The summed E-state index contributed by atoms with van der Waals surface area (Å²) in [4.78, 5) is 2.12. The predicted octanol–water partition coefficient (Wildman–Crippen LogP) is 5.22. The van der Waals surface area contributed by atoms with Crippen LogP contribution in [0.4, 0.5) is 0 Å². The van der Waals surface area contributed by atoms with E-state index in [-0.39, 0.29) is 0 Å². The molecule has 0 N–H and O–H groups in total. The maximum atomic E-state index is 5.81. The number of benzene rings is 3. The molecule has 0 amide bonds. The van der Waals surface area contributed by atoms with Crippen LogP contribution >= 0.6 is 0 Å². The van der Waals surface area contributed by atoms with Crippen molar-refractivity contribution >= 4 is 11.6 Å². The Kier molecular flexibility index (Phi) is 6.24. The maximum Gasteiger partial charge on any atom is 0.119 e. The minimum Gasteiger partial charge on any atom is -0.492 e. The summed E-state index contributed by atoms with van der Waals surface area (Å²) in [5.74, 6) is 0.905. The summed E-state index contributed by atoms with van der Waals surface area (Å²) in [6.45, 7) is 1.60. The largest absolute Gasteiger partial charge is 0.492 e. The van der Waals surface area contributed by atoms with E-state index < -0.39 is 0 Å². The second kappa shape index (κ2) is 9.02. The summed E-state index contributed by atoms with van der Waals surface area (Å²) in [6, 6.07) is 29.3.